The zero-order valence-corrected chi connectivity index (χ0v) is 16.6. The minimum atomic E-state index is 0.272. The molecule has 5 heteroatoms. The van der Waals surface area contributed by atoms with Gasteiger partial charge in [-0.25, -0.2) is 0 Å². The van der Waals surface area contributed by atoms with Crippen LogP contribution in [0.2, 0.25) is 0 Å². The minimum absolute atomic E-state index is 0.272. The van der Waals surface area contributed by atoms with Crippen LogP contribution in [0.1, 0.15) is 49.1 Å². The number of benzene rings is 2. The van der Waals surface area contributed by atoms with Gasteiger partial charge in [0.1, 0.15) is 11.6 Å². The molecule has 0 radical (unpaired) electrons. The number of thioether (sulfide) groups is 1. The summed E-state index contributed by atoms with van der Waals surface area (Å²) in [4.78, 5) is 0. The fraction of sp³-hybridized carbons (Fsp3) is 0.273. The van der Waals surface area contributed by atoms with Gasteiger partial charge in [0.25, 0.3) is 0 Å². The van der Waals surface area contributed by atoms with Gasteiger partial charge in [-0.2, -0.15) is 0 Å². The minimum Gasteiger partial charge on any atom is -0.467 e. The van der Waals surface area contributed by atoms with Crippen molar-refractivity contribution in [3.8, 4) is 0 Å². The first-order valence-corrected chi connectivity index (χ1v) is 10.1. The highest BCUT2D eigenvalue weighted by atomic mass is 32.2. The van der Waals surface area contributed by atoms with Gasteiger partial charge in [-0.1, -0.05) is 68.1 Å². The van der Waals surface area contributed by atoms with E-state index in [1.807, 2.05) is 12.1 Å². The Morgan fingerprint density at radius 2 is 1.78 bits per heavy atom. The van der Waals surface area contributed by atoms with E-state index in [2.05, 4.69) is 78.0 Å². The molecule has 2 aromatic carbocycles. The van der Waals surface area contributed by atoms with Gasteiger partial charge in [-0.05, 0) is 35.4 Å². The molecule has 0 spiro atoms. The summed E-state index contributed by atoms with van der Waals surface area (Å²) >= 11 is 1.74. The Bertz CT molecular complexity index is 1040. The van der Waals surface area contributed by atoms with E-state index < -0.39 is 0 Å². The molecule has 0 saturated carbocycles. The van der Waals surface area contributed by atoms with Gasteiger partial charge in [0.05, 0.1) is 12.8 Å². The second-order valence-electron chi connectivity index (χ2n) is 7.03. The van der Waals surface area contributed by atoms with Gasteiger partial charge in [-0.15, -0.1) is 10.2 Å². The molecule has 2 aromatic heterocycles. The van der Waals surface area contributed by atoms with E-state index in [9.17, 15) is 0 Å². The molecule has 1 unspecified atom stereocenters. The van der Waals surface area contributed by atoms with Gasteiger partial charge < -0.3 is 4.42 Å². The number of hydrogen-bond acceptors (Lipinski definition) is 4. The molecular weight excluding hydrogens is 354 g/mol. The van der Waals surface area contributed by atoms with Gasteiger partial charge in [0.15, 0.2) is 5.16 Å². The van der Waals surface area contributed by atoms with Gasteiger partial charge in [-0.3, -0.25) is 4.57 Å². The average Bonchev–Trinajstić information content (AvgIpc) is 3.32. The van der Waals surface area contributed by atoms with Crippen LogP contribution >= 0.6 is 11.8 Å². The lowest BCUT2D eigenvalue weighted by molar-refractivity contribution is 0.475. The summed E-state index contributed by atoms with van der Waals surface area (Å²) in [6, 6.07) is 19.0. The Morgan fingerprint density at radius 1 is 0.963 bits per heavy atom. The summed E-state index contributed by atoms with van der Waals surface area (Å²) in [5.74, 6) is 2.20. The number of furan rings is 1. The summed E-state index contributed by atoms with van der Waals surface area (Å²) in [5, 5.41) is 12.7. The lowest BCUT2D eigenvalue weighted by Gasteiger charge is -2.14. The predicted molar refractivity (Wildman–Crippen MR) is 110 cm³/mol. The second-order valence-corrected chi connectivity index (χ2v) is 8.34. The van der Waals surface area contributed by atoms with Crippen molar-refractivity contribution >= 4 is 22.5 Å². The van der Waals surface area contributed by atoms with E-state index in [1.165, 1.54) is 16.3 Å². The molecule has 0 N–H and O–H groups in total. The Labute approximate surface area is 163 Å². The van der Waals surface area contributed by atoms with Crippen LogP contribution in [0.15, 0.2) is 70.4 Å². The number of aromatic nitrogens is 3. The van der Waals surface area contributed by atoms with Crippen LogP contribution in [0.25, 0.3) is 10.8 Å². The normalized spacial score (nSPS) is 12.7. The molecule has 0 aliphatic heterocycles. The van der Waals surface area contributed by atoms with E-state index in [1.54, 1.807) is 18.0 Å². The fourth-order valence-corrected chi connectivity index (χ4v) is 4.18. The standard InChI is InChI=1S/C22H23N3OS/c1-15(2)21-23-24-22(25(21)14-20-9-6-12-26-20)27-16(3)18-11-10-17-7-4-5-8-19(17)13-18/h4-13,15-16H,14H2,1-3H3. The summed E-state index contributed by atoms with van der Waals surface area (Å²) in [6.45, 7) is 7.16. The smallest absolute Gasteiger partial charge is 0.192 e. The third-order valence-electron chi connectivity index (χ3n) is 4.68. The zero-order valence-electron chi connectivity index (χ0n) is 15.8. The Kier molecular flexibility index (Phi) is 5.03. The molecular formula is C22H23N3OS. The van der Waals surface area contributed by atoms with Crippen molar-refractivity contribution in [3.63, 3.8) is 0 Å². The summed E-state index contributed by atoms with van der Waals surface area (Å²) in [5.41, 5.74) is 1.29. The van der Waals surface area contributed by atoms with Crippen LogP contribution in [0.4, 0.5) is 0 Å². The molecule has 2 heterocycles. The molecule has 4 rings (SSSR count). The first-order chi connectivity index (χ1) is 13.1. The molecule has 27 heavy (non-hydrogen) atoms. The Morgan fingerprint density at radius 3 is 2.52 bits per heavy atom. The van der Waals surface area contributed by atoms with Crippen LogP contribution in [-0.4, -0.2) is 14.8 Å². The van der Waals surface area contributed by atoms with E-state index in [4.69, 9.17) is 4.42 Å². The van der Waals surface area contributed by atoms with Crippen LogP contribution in [0.5, 0.6) is 0 Å². The Balaban J connectivity index is 1.62. The Hall–Kier alpha value is -2.53. The van der Waals surface area contributed by atoms with Crippen molar-refractivity contribution in [3.05, 3.63) is 78.0 Å². The third kappa shape index (κ3) is 3.78. The topological polar surface area (TPSA) is 43.9 Å². The van der Waals surface area contributed by atoms with Gasteiger partial charge in [0, 0.05) is 11.2 Å². The molecule has 0 bridgehead atoms. The maximum atomic E-state index is 5.55. The molecule has 0 aliphatic carbocycles. The molecule has 138 valence electrons. The molecule has 0 amide bonds. The number of nitrogens with zero attached hydrogens (tertiary/aromatic N) is 3. The van der Waals surface area contributed by atoms with Crippen molar-refractivity contribution in [2.24, 2.45) is 0 Å². The van der Waals surface area contributed by atoms with Crippen molar-refractivity contribution < 1.29 is 4.42 Å². The van der Waals surface area contributed by atoms with Crippen LogP contribution in [0.3, 0.4) is 0 Å². The number of rotatable bonds is 6. The highest BCUT2D eigenvalue weighted by Crippen LogP contribution is 2.36. The van der Waals surface area contributed by atoms with Crippen LogP contribution in [-0.2, 0) is 6.54 Å². The largest absolute Gasteiger partial charge is 0.467 e. The van der Waals surface area contributed by atoms with E-state index in [0.717, 1.165) is 16.7 Å². The summed E-state index contributed by atoms with van der Waals surface area (Å²) in [7, 11) is 0. The quantitative estimate of drug-likeness (QED) is 0.384. The average molecular weight is 378 g/mol. The molecule has 4 nitrogen and oxygen atoms in total. The van der Waals surface area contributed by atoms with E-state index in [-0.39, 0.29) is 5.25 Å². The molecule has 0 aliphatic rings. The van der Waals surface area contributed by atoms with Crippen molar-refractivity contribution in [2.45, 2.75) is 43.6 Å². The maximum absolute atomic E-state index is 5.55. The van der Waals surface area contributed by atoms with Gasteiger partial charge in [0.2, 0.25) is 0 Å². The number of fused-ring (bicyclic) bond motifs is 1. The first-order valence-electron chi connectivity index (χ1n) is 9.22. The van der Waals surface area contributed by atoms with Crippen molar-refractivity contribution in [1.82, 2.24) is 14.8 Å². The summed E-state index contributed by atoms with van der Waals surface area (Å²) in [6.07, 6.45) is 1.71. The van der Waals surface area contributed by atoms with E-state index in [0.29, 0.717) is 12.5 Å². The first kappa shape index (κ1) is 17.9. The van der Waals surface area contributed by atoms with Crippen LogP contribution < -0.4 is 0 Å². The summed E-state index contributed by atoms with van der Waals surface area (Å²) < 4.78 is 7.72. The zero-order chi connectivity index (χ0) is 18.8. The van der Waals surface area contributed by atoms with Crippen molar-refractivity contribution in [2.75, 3.05) is 0 Å². The second kappa shape index (κ2) is 7.61. The monoisotopic (exact) mass is 377 g/mol. The highest BCUT2D eigenvalue weighted by Gasteiger charge is 2.19. The fourth-order valence-electron chi connectivity index (χ4n) is 3.21. The van der Waals surface area contributed by atoms with Crippen molar-refractivity contribution in [1.29, 1.82) is 0 Å². The predicted octanol–water partition coefficient (Wildman–Crippen LogP) is 6.05. The number of hydrogen-bond donors (Lipinski definition) is 0. The molecule has 0 saturated heterocycles. The van der Waals surface area contributed by atoms with Crippen LogP contribution in [0, 0.1) is 0 Å². The lowest BCUT2D eigenvalue weighted by Crippen LogP contribution is -2.08. The molecule has 4 aromatic rings. The van der Waals surface area contributed by atoms with E-state index >= 15 is 0 Å². The highest BCUT2D eigenvalue weighted by molar-refractivity contribution is 7.99. The SMILES string of the molecule is CC(C)c1nnc(SC(C)c2ccc3ccccc3c2)n1Cc1ccco1. The van der Waals surface area contributed by atoms with Gasteiger partial charge >= 0.3 is 0 Å². The lowest BCUT2D eigenvalue weighted by atomic mass is 10.1. The maximum Gasteiger partial charge on any atom is 0.192 e. The molecule has 1 atom stereocenters. The third-order valence-corrected chi connectivity index (χ3v) is 5.82. The molecule has 0 fully saturated rings.